The Kier molecular flexibility index (Phi) is 28.2. The molecule has 1 amide bonds. The van der Waals surface area contributed by atoms with Crippen molar-refractivity contribution < 1.29 is 62.0 Å². The summed E-state index contributed by atoms with van der Waals surface area (Å²) in [6, 6.07) is 0. The second-order valence-electron chi connectivity index (χ2n) is 24.7. The van der Waals surface area contributed by atoms with Crippen LogP contribution in [0.2, 0.25) is 0 Å². The third kappa shape index (κ3) is 26.1. The van der Waals surface area contributed by atoms with Crippen molar-refractivity contribution in [2.24, 2.45) is 58.2 Å². The SMILES string of the molecule is CC1CCC(CC(=O)OCC(C)(COC(=O)CCN(CCC(=O)OCC(C)(COC(=O)CC2CCC(C)CC2)COC(=O)CC2CCC(C)CC2)C(=O)SCCCN(C)C)COC(=O)CC2CCC(C)CC2)CC1. The van der Waals surface area contributed by atoms with E-state index in [1.807, 2.05) is 19.0 Å². The largest absolute Gasteiger partial charge is 0.465 e. The second-order valence-corrected chi connectivity index (χ2v) is 25.7. The molecule has 0 aromatic rings. The highest BCUT2D eigenvalue weighted by Crippen LogP contribution is 2.35. The molecular formula is C58H98N2O13S. The summed E-state index contributed by atoms with van der Waals surface area (Å²) in [5.74, 6) is 1.74. The van der Waals surface area contributed by atoms with Crippen LogP contribution >= 0.6 is 11.8 Å². The van der Waals surface area contributed by atoms with Crippen molar-refractivity contribution in [1.29, 1.82) is 0 Å². The molecule has 0 aliphatic heterocycles. The van der Waals surface area contributed by atoms with Gasteiger partial charge >= 0.3 is 35.8 Å². The zero-order valence-electron chi connectivity index (χ0n) is 47.1. The summed E-state index contributed by atoms with van der Waals surface area (Å²) < 4.78 is 34.7. The summed E-state index contributed by atoms with van der Waals surface area (Å²) >= 11 is 1.11. The monoisotopic (exact) mass is 1060 g/mol. The van der Waals surface area contributed by atoms with E-state index in [1.54, 1.807) is 13.8 Å². The van der Waals surface area contributed by atoms with Gasteiger partial charge in [-0.15, -0.1) is 0 Å². The quantitative estimate of drug-likeness (QED) is 0.0376. The minimum atomic E-state index is -1.02. The van der Waals surface area contributed by atoms with Gasteiger partial charge in [0, 0.05) is 44.5 Å². The lowest BCUT2D eigenvalue weighted by Crippen LogP contribution is -2.38. The Morgan fingerprint density at radius 3 is 0.919 bits per heavy atom. The summed E-state index contributed by atoms with van der Waals surface area (Å²) in [6.07, 6.45) is 18.2. The summed E-state index contributed by atoms with van der Waals surface area (Å²) in [7, 11) is 3.92. The van der Waals surface area contributed by atoms with Gasteiger partial charge in [-0.1, -0.05) is 90.8 Å². The molecule has 4 fully saturated rings. The fourth-order valence-corrected chi connectivity index (χ4v) is 11.4. The van der Waals surface area contributed by atoms with E-state index in [-0.39, 0.29) is 118 Å². The van der Waals surface area contributed by atoms with E-state index in [1.165, 1.54) is 4.90 Å². The standard InChI is InChI=1S/C58H98N2O13S/c1-42-10-18-46(19-11-42)32-52(63)70-38-57(5,39-71-53(64)33-47-20-12-43(2)13-21-47)36-68-50(61)26-29-60(56(67)74-31-9-28-59(7)8)30-27-51(62)69-37-58(6,40-72-54(65)34-48-22-14-44(3)15-23-48)41-73-55(66)35-49-24-16-45(4)17-25-49/h42-49H,9-41H2,1-8H3. The number of esters is 6. The highest BCUT2D eigenvalue weighted by atomic mass is 32.2. The molecule has 4 rings (SSSR count). The van der Waals surface area contributed by atoms with Gasteiger partial charge in [-0.2, -0.15) is 0 Å². The number of carbonyl (C=O) groups excluding carboxylic acids is 7. The Bertz CT molecular complexity index is 1540. The fraction of sp³-hybridized carbons (Fsp3) is 0.879. The van der Waals surface area contributed by atoms with Gasteiger partial charge in [0.2, 0.25) is 0 Å². The minimum Gasteiger partial charge on any atom is -0.465 e. The Labute approximate surface area is 449 Å². The number of nitrogens with zero attached hydrogens (tertiary/aromatic N) is 2. The van der Waals surface area contributed by atoms with Crippen molar-refractivity contribution >= 4 is 52.8 Å². The van der Waals surface area contributed by atoms with Crippen molar-refractivity contribution in [3.63, 3.8) is 0 Å². The summed E-state index contributed by atoms with van der Waals surface area (Å²) in [4.78, 5) is 96.4. The molecule has 0 saturated heterocycles. The zero-order valence-corrected chi connectivity index (χ0v) is 47.9. The number of hydrogen-bond donors (Lipinski definition) is 0. The normalized spacial score (nSPS) is 25.9. The van der Waals surface area contributed by atoms with Crippen LogP contribution < -0.4 is 0 Å². The van der Waals surface area contributed by atoms with Crippen LogP contribution in [-0.4, -0.2) is 130 Å². The predicted molar refractivity (Wildman–Crippen MR) is 287 cm³/mol. The number of ether oxygens (including phenoxy) is 6. The van der Waals surface area contributed by atoms with Crippen LogP contribution in [0.1, 0.15) is 189 Å². The molecule has 0 bridgehead atoms. The van der Waals surface area contributed by atoms with E-state index in [0.29, 0.717) is 55.1 Å². The number of amides is 1. The number of carbonyl (C=O) groups is 7. The first-order valence-corrected chi connectivity index (χ1v) is 29.6. The number of rotatable bonds is 30. The first-order chi connectivity index (χ1) is 35.2. The first-order valence-electron chi connectivity index (χ1n) is 28.7. The van der Waals surface area contributed by atoms with Crippen LogP contribution in [0, 0.1) is 58.2 Å². The van der Waals surface area contributed by atoms with E-state index in [4.69, 9.17) is 28.4 Å². The Morgan fingerprint density at radius 2 is 0.662 bits per heavy atom. The summed E-state index contributed by atoms with van der Waals surface area (Å²) in [5.41, 5.74) is -2.03. The number of hydrogen-bond acceptors (Lipinski definition) is 15. The molecule has 0 atom stereocenters. The van der Waals surface area contributed by atoms with Crippen LogP contribution in [0.3, 0.4) is 0 Å². The molecule has 4 saturated carbocycles. The first kappa shape index (κ1) is 63.1. The third-order valence-electron chi connectivity index (χ3n) is 16.3. The van der Waals surface area contributed by atoms with Crippen LogP contribution in [0.15, 0.2) is 0 Å². The third-order valence-corrected chi connectivity index (χ3v) is 17.3. The van der Waals surface area contributed by atoms with E-state index < -0.39 is 22.8 Å². The highest BCUT2D eigenvalue weighted by molar-refractivity contribution is 8.13. The van der Waals surface area contributed by atoms with Gasteiger partial charge in [-0.25, -0.2) is 0 Å². The topological polar surface area (TPSA) is 181 Å². The molecule has 424 valence electrons. The predicted octanol–water partition coefficient (Wildman–Crippen LogP) is 11.0. The van der Waals surface area contributed by atoms with Crippen molar-refractivity contribution in [2.75, 3.05) is 79.1 Å². The molecule has 0 unspecified atom stereocenters. The molecule has 0 N–H and O–H groups in total. The second kappa shape index (κ2) is 33.0. The lowest BCUT2D eigenvalue weighted by Gasteiger charge is -2.30. The van der Waals surface area contributed by atoms with Gasteiger partial charge in [0.1, 0.15) is 39.6 Å². The fourth-order valence-electron chi connectivity index (χ4n) is 10.6. The minimum absolute atomic E-state index is 0.0320. The van der Waals surface area contributed by atoms with Gasteiger partial charge < -0.3 is 38.2 Å². The molecule has 15 nitrogen and oxygen atoms in total. The van der Waals surface area contributed by atoms with E-state index in [2.05, 4.69) is 27.7 Å². The van der Waals surface area contributed by atoms with Gasteiger partial charge in [0.05, 0.1) is 23.7 Å². The van der Waals surface area contributed by atoms with Gasteiger partial charge in [0.15, 0.2) is 0 Å². The number of thioether (sulfide) groups is 1. The summed E-state index contributed by atoms with van der Waals surface area (Å²) in [5, 5.41) is -0.295. The van der Waals surface area contributed by atoms with Gasteiger partial charge in [-0.05, 0) is 140 Å². The molecule has 74 heavy (non-hydrogen) atoms. The molecule has 4 aliphatic carbocycles. The van der Waals surface area contributed by atoms with Crippen LogP contribution in [-0.2, 0) is 57.2 Å². The molecule has 4 aliphatic rings. The van der Waals surface area contributed by atoms with E-state index >= 15 is 0 Å². The summed E-state index contributed by atoms with van der Waals surface area (Å²) in [6.45, 7) is 12.4. The van der Waals surface area contributed by atoms with Crippen molar-refractivity contribution in [3.8, 4) is 0 Å². The molecule has 0 radical (unpaired) electrons. The lowest BCUT2D eigenvalue weighted by atomic mass is 9.81. The van der Waals surface area contributed by atoms with E-state index in [0.717, 1.165) is 127 Å². The lowest BCUT2D eigenvalue weighted by molar-refractivity contribution is -0.164. The van der Waals surface area contributed by atoms with Crippen molar-refractivity contribution in [1.82, 2.24) is 9.80 Å². The Morgan fingerprint density at radius 1 is 0.405 bits per heavy atom. The zero-order chi connectivity index (χ0) is 54.1. The van der Waals surface area contributed by atoms with Gasteiger partial charge in [0.25, 0.3) is 5.24 Å². The Balaban J connectivity index is 1.34. The highest BCUT2D eigenvalue weighted by Gasteiger charge is 2.35. The molecule has 0 aromatic carbocycles. The Hall–Kier alpha value is -3.40. The van der Waals surface area contributed by atoms with Gasteiger partial charge in [-0.3, -0.25) is 33.6 Å². The van der Waals surface area contributed by atoms with E-state index in [9.17, 15) is 33.6 Å². The molecular weight excluding hydrogens is 965 g/mol. The smallest absolute Gasteiger partial charge is 0.307 e. The van der Waals surface area contributed by atoms with Crippen LogP contribution in [0.4, 0.5) is 4.79 Å². The maximum Gasteiger partial charge on any atom is 0.307 e. The molecule has 0 heterocycles. The maximum atomic E-state index is 13.7. The van der Waals surface area contributed by atoms with Crippen LogP contribution in [0.25, 0.3) is 0 Å². The van der Waals surface area contributed by atoms with Crippen molar-refractivity contribution in [3.05, 3.63) is 0 Å². The molecule has 0 spiro atoms. The maximum absolute atomic E-state index is 13.7. The van der Waals surface area contributed by atoms with Crippen LogP contribution in [0.5, 0.6) is 0 Å². The molecule has 0 aromatic heterocycles. The van der Waals surface area contributed by atoms with Crippen molar-refractivity contribution in [2.45, 2.75) is 189 Å². The average molecular weight is 1060 g/mol. The molecule has 16 heteroatoms. The average Bonchev–Trinajstić information content (AvgIpc) is 3.37.